The van der Waals surface area contributed by atoms with Crippen molar-refractivity contribution < 1.29 is 4.79 Å². The van der Waals surface area contributed by atoms with Gasteiger partial charge in [0.1, 0.15) is 0 Å². The van der Waals surface area contributed by atoms with Crippen LogP contribution in [0.5, 0.6) is 0 Å². The van der Waals surface area contributed by atoms with Crippen LogP contribution in [0.2, 0.25) is 0 Å². The van der Waals surface area contributed by atoms with Crippen molar-refractivity contribution in [2.24, 2.45) is 5.73 Å². The number of rotatable bonds is 7. The maximum absolute atomic E-state index is 11.7. The van der Waals surface area contributed by atoms with E-state index in [4.69, 9.17) is 5.73 Å². The number of hydrogen-bond donors (Lipinski definition) is 2. The van der Waals surface area contributed by atoms with E-state index in [2.05, 4.69) is 17.1 Å². The van der Waals surface area contributed by atoms with Crippen molar-refractivity contribution in [2.75, 3.05) is 13.1 Å². The standard InChI is InChI=1S/C15H31N3O/c1-4-10-18(11-9-15(19)17-12(2)3)14-7-5-13(16)6-8-14/h12-14H,4-11,16H2,1-3H3,(H,17,19). The molecule has 0 radical (unpaired) electrons. The van der Waals surface area contributed by atoms with Gasteiger partial charge >= 0.3 is 0 Å². The molecule has 0 saturated heterocycles. The highest BCUT2D eigenvalue weighted by Gasteiger charge is 2.24. The molecule has 0 aromatic carbocycles. The molecule has 1 aliphatic carbocycles. The minimum absolute atomic E-state index is 0.170. The van der Waals surface area contributed by atoms with E-state index in [1.807, 2.05) is 13.8 Å². The molecular weight excluding hydrogens is 238 g/mol. The van der Waals surface area contributed by atoms with Gasteiger partial charge in [-0.1, -0.05) is 6.92 Å². The third-order valence-corrected chi connectivity index (χ3v) is 3.84. The topological polar surface area (TPSA) is 58.4 Å². The molecule has 0 aromatic rings. The molecule has 0 bridgehead atoms. The molecular formula is C15H31N3O. The summed E-state index contributed by atoms with van der Waals surface area (Å²) in [4.78, 5) is 14.2. The molecule has 1 amide bonds. The molecule has 0 heterocycles. The van der Waals surface area contributed by atoms with Crippen molar-refractivity contribution in [3.8, 4) is 0 Å². The van der Waals surface area contributed by atoms with Gasteiger partial charge in [0.25, 0.3) is 0 Å². The normalized spacial score (nSPS) is 23.9. The van der Waals surface area contributed by atoms with Gasteiger partial charge in [0, 0.05) is 31.1 Å². The van der Waals surface area contributed by atoms with Crippen LogP contribution in [0.4, 0.5) is 0 Å². The summed E-state index contributed by atoms with van der Waals surface area (Å²) in [5.41, 5.74) is 5.97. The largest absolute Gasteiger partial charge is 0.354 e. The molecule has 0 aliphatic heterocycles. The van der Waals surface area contributed by atoms with Crippen molar-refractivity contribution in [1.29, 1.82) is 0 Å². The van der Waals surface area contributed by atoms with Crippen LogP contribution in [0.25, 0.3) is 0 Å². The molecule has 0 atom stereocenters. The van der Waals surface area contributed by atoms with Crippen molar-refractivity contribution in [1.82, 2.24) is 10.2 Å². The highest BCUT2D eigenvalue weighted by Crippen LogP contribution is 2.22. The molecule has 19 heavy (non-hydrogen) atoms. The van der Waals surface area contributed by atoms with E-state index in [-0.39, 0.29) is 11.9 Å². The molecule has 4 nitrogen and oxygen atoms in total. The number of nitrogens with two attached hydrogens (primary N) is 1. The Morgan fingerprint density at radius 2 is 1.89 bits per heavy atom. The molecule has 4 heteroatoms. The molecule has 1 saturated carbocycles. The van der Waals surface area contributed by atoms with Gasteiger partial charge in [0.05, 0.1) is 0 Å². The van der Waals surface area contributed by atoms with Crippen LogP contribution in [0.15, 0.2) is 0 Å². The predicted octanol–water partition coefficient (Wildman–Crippen LogP) is 1.88. The number of carbonyl (C=O) groups excluding carboxylic acids is 1. The van der Waals surface area contributed by atoms with Crippen LogP contribution in [-0.2, 0) is 4.79 Å². The lowest BCUT2D eigenvalue weighted by molar-refractivity contribution is -0.122. The van der Waals surface area contributed by atoms with Crippen molar-refractivity contribution in [2.45, 2.75) is 77.4 Å². The molecule has 0 spiro atoms. The van der Waals surface area contributed by atoms with Gasteiger partial charge in [-0.05, 0) is 52.5 Å². The van der Waals surface area contributed by atoms with Gasteiger partial charge in [-0.25, -0.2) is 0 Å². The number of nitrogens with one attached hydrogen (secondary N) is 1. The molecule has 112 valence electrons. The molecule has 1 fully saturated rings. The monoisotopic (exact) mass is 269 g/mol. The summed E-state index contributed by atoms with van der Waals surface area (Å²) in [5.74, 6) is 0.170. The first kappa shape index (κ1) is 16.4. The smallest absolute Gasteiger partial charge is 0.221 e. The molecule has 0 unspecified atom stereocenters. The Hall–Kier alpha value is -0.610. The minimum Gasteiger partial charge on any atom is -0.354 e. The number of hydrogen-bond acceptors (Lipinski definition) is 3. The fraction of sp³-hybridized carbons (Fsp3) is 0.933. The van der Waals surface area contributed by atoms with Gasteiger partial charge in [-0.15, -0.1) is 0 Å². The van der Waals surface area contributed by atoms with E-state index in [0.29, 0.717) is 18.5 Å². The summed E-state index contributed by atoms with van der Waals surface area (Å²) in [5, 5.41) is 2.96. The van der Waals surface area contributed by atoms with E-state index >= 15 is 0 Å². The Morgan fingerprint density at radius 3 is 2.42 bits per heavy atom. The lowest BCUT2D eigenvalue weighted by atomic mass is 9.90. The highest BCUT2D eigenvalue weighted by molar-refractivity contribution is 5.76. The Labute approximate surface area is 118 Å². The molecule has 0 aromatic heterocycles. The summed E-state index contributed by atoms with van der Waals surface area (Å²) < 4.78 is 0. The third kappa shape index (κ3) is 6.39. The first-order chi connectivity index (χ1) is 9.02. The van der Waals surface area contributed by atoms with E-state index in [1.54, 1.807) is 0 Å². The second-order valence-electron chi connectivity index (χ2n) is 6.08. The van der Waals surface area contributed by atoms with E-state index in [9.17, 15) is 4.79 Å². The second-order valence-corrected chi connectivity index (χ2v) is 6.08. The van der Waals surface area contributed by atoms with Crippen LogP contribution < -0.4 is 11.1 Å². The minimum atomic E-state index is 0.170. The third-order valence-electron chi connectivity index (χ3n) is 3.84. The van der Waals surface area contributed by atoms with Crippen LogP contribution in [-0.4, -0.2) is 42.0 Å². The average Bonchev–Trinajstić information content (AvgIpc) is 2.35. The highest BCUT2D eigenvalue weighted by atomic mass is 16.1. The van der Waals surface area contributed by atoms with Gasteiger partial charge in [-0.3, -0.25) is 9.69 Å². The summed E-state index contributed by atoms with van der Waals surface area (Å²) in [6.07, 6.45) is 6.39. The maximum atomic E-state index is 11.7. The lowest BCUT2D eigenvalue weighted by Crippen LogP contribution is -2.43. The van der Waals surface area contributed by atoms with Gasteiger partial charge in [0.15, 0.2) is 0 Å². The Morgan fingerprint density at radius 1 is 1.26 bits per heavy atom. The summed E-state index contributed by atoms with van der Waals surface area (Å²) in [6.45, 7) is 8.19. The first-order valence-corrected chi connectivity index (χ1v) is 7.82. The van der Waals surface area contributed by atoms with E-state index in [1.165, 1.54) is 12.8 Å². The van der Waals surface area contributed by atoms with Crippen LogP contribution >= 0.6 is 0 Å². The number of amides is 1. The van der Waals surface area contributed by atoms with Crippen molar-refractivity contribution in [3.05, 3.63) is 0 Å². The Kier molecular flexibility index (Phi) is 7.39. The maximum Gasteiger partial charge on any atom is 0.221 e. The van der Waals surface area contributed by atoms with Crippen LogP contribution in [0.3, 0.4) is 0 Å². The van der Waals surface area contributed by atoms with E-state index in [0.717, 1.165) is 32.4 Å². The van der Waals surface area contributed by atoms with Crippen molar-refractivity contribution in [3.63, 3.8) is 0 Å². The second kappa shape index (κ2) is 8.54. The lowest BCUT2D eigenvalue weighted by Gasteiger charge is -2.36. The first-order valence-electron chi connectivity index (χ1n) is 7.82. The SMILES string of the molecule is CCCN(CCC(=O)NC(C)C)C1CCC(N)CC1. The summed E-state index contributed by atoms with van der Waals surface area (Å²) >= 11 is 0. The average molecular weight is 269 g/mol. The molecule has 1 aliphatic rings. The zero-order valence-corrected chi connectivity index (χ0v) is 12.8. The Balaban J connectivity index is 2.37. The molecule has 1 rings (SSSR count). The Bertz CT molecular complexity index is 260. The van der Waals surface area contributed by atoms with Gasteiger partial charge < -0.3 is 11.1 Å². The fourth-order valence-electron chi connectivity index (χ4n) is 2.87. The van der Waals surface area contributed by atoms with E-state index < -0.39 is 0 Å². The zero-order valence-electron chi connectivity index (χ0n) is 12.8. The molecule has 3 N–H and O–H groups in total. The summed E-state index contributed by atoms with van der Waals surface area (Å²) in [7, 11) is 0. The number of carbonyl (C=O) groups is 1. The van der Waals surface area contributed by atoms with Gasteiger partial charge in [0.2, 0.25) is 5.91 Å². The zero-order chi connectivity index (χ0) is 14.3. The van der Waals surface area contributed by atoms with Crippen LogP contribution in [0.1, 0.15) is 59.3 Å². The number of nitrogens with zero attached hydrogens (tertiary/aromatic N) is 1. The van der Waals surface area contributed by atoms with Gasteiger partial charge in [-0.2, -0.15) is 0 Å². The van der Waals surface area contributed by atoms with Crippen LogP contribution in [0, 0.1) is 0 Å². The summed E-state index contributed by atoms with van der Waals surface area (Å²) in [6, 6.07) is 1.26. The fourth-order valence-corrected chi connectivity index (χ4v) is 2.87. The van der Waals surface area contributed by atoms with Crippen molar-refractivity contribution >= 4 is 5.91 Å². The quantitative estimate of drug-likeness (QED) is 0.742. The predicted molar refractivity (Wildman–Crippen MR) is 80.0 cm³/mol.